The lowest BCUT2D eigenvalue weighted by Gasteiger charge is -2.18. The Morgan fingerprint density at radius 1 is 1.12 bits per heavy atom. The van der Waals surface area contributed by atoms with Crippen LogP contribution in [-0.4, -0.2) is 51.7 Å². The van der Waals surface area contributed by atoms with Crippen molar-refractivity contribution in [1.29, 1.82) is 0 Å². The molecule has 0 saturated heterocycles. The third-order valence-corrected chi connectivity index (χ3v) is 7.01. The number of nitrogens with one attached hydrogen (secondary N) is 1. The number of methoxy groups -OCH3 is 1. The van der Waals surface area contributed by atoms with Gasteiger partial charge in [0.2, 0.25) is 10.0 Å². The second kappa shape index (κ2) is 12.4. The van der Waals surface area contributed by atoms with Gasteiger partial charge in [0.05, 0.1) is 24.8 Å². The van der Waals surface area contributed by atoms with E-state index in [0.29, 0.717) is 42.7 Å². The van der Waals surface area contributed by atoms with Crippen LogP contribution in [-0.2, 0) is 10.0 Å². The second-order valence-electron chi connectivity index (χ2n) is 7.76. The lowest BCUT2D eigenvalue weighted by molar-refractivity contribution is 0.0955. The van der Waals surface area contributed by atoms with Crippen LogP contribution in [0.15, 0.2) is 52.5 Å². The summed E-state index contributed by atoms with van der Waals surface area (Å²) >= 11 is 0. The zero-order valence-corrected chi connectivity index (χ0v) is 20.7. The van der Waals surface area contributed by atoms with E-state index in [1.54, 1.807) is 45.2 Å². The smallest absolute Gasteiger partial charge is 0.271 e. The fourth-order valence-corrected chi connectivity index (χ4v) is 4.53. The van der Waals surface area contributed by atoms with Crippen molar-refractivity contribution in [2.75, 3.05) is 26.8 Å². The van der Waals surface area contributed by atoms with E-state index in [2.05, 4.69) is 24.4 Å². The van der Waals surface area contributed by atoms with Crippen molar-refractivity contribution in [1.82, 2.24) is 9.73 Å². The minimum atomic E-state index is -3.66. The van der Waals surface area contributed by atoms with Crippen molar-refractivity contribution < 1.29 is 22.7 Å². The molecule has 0 spiro atoms. The van der Waals surface area contributed by atoms with Crippen LogP contribution in [0, 0.1) is 5.92 Å². The van der Waals surface area contributed by atoms with Gasteiger partial charge in [-0.05, 0) is 54.3 Å². The van der Waals surface area contributed by atoms with Gasteiger partial charge < -0.3 is 9.47 Å². The maximum absolute atomic E-state index is 12.7. The molecule has 1 amide bonds. The molecule has 0 atom stereocenters. The number of hydrogen-bond acceptors (Lipinski definition) is 6. The Morgan fingerprint density at radius 2 is 1.85 bits per heavy atom. The molecule has 2 aromatic carbocycles. The van der Waals surface area contributed by atoms with Crippen molar-refractivity contribution in [3.8, 4) is 11.5 Å². The molecule has 0 radical (unpaired) electrons. The first-order valence-corrected chi connectivity index (χ1v) is 12.4. The van der Waals surface area contributed by atoms with E-state index >= 15 is 0 Å². The first kappa shape index (κ1) is 26.3. The van der Waals surface area contributed by atoms with E-state index in [0.717, 1.165) is 6.42 Å². The van der Waals surface area contributed by atoms with Gasteiger partial charge in [-0.2, -0.15) is 9.41 Å². The van der Waals surface area contributed by atoms with Gasteiger partial charge in [-0.15, -0.1) is 0 Å². The summed E-state index contributed by atoms with van der Waals surface area (Å²) in [4.78, 5) is 12.6. The van der Waals surface area contributed by atoms with Crippen molar-refractivity contribution in [3.63, 3.8) is 0 Å². The maximum Gasteiger partial charge on any atom is 0.271 e. The van der Waals surface area contributed by atoms with Crippen LogP contribution in [0.25, 0.3) is 0 Å². The Bertz CT molecular complexity index is 1060. The molecule has 0 aliphatic rings. The fraction of sp³-hybridized carbons (Fsp3) is 0.417. The summed E-state index contributed by atoms with van der Waals surface area (Å²) in [5.41, 5.74) is 3.34. The van der Waals surface area contributed by atoms with Gasteiger partial charge in [-0.1, -0.05) is 33.8 Å². The van der Waals surface area contributed by atoms with Gasteiger partial charge in [0.15, 0.2) is 11.5 Å². The predicted molar refractivity (Wildman–Crippen MR) is 130 cm³/mol. The highest BCUT2D eigenvalue weighted by atomic mass is 32.2. The summed E-state index contributed by atoms with van der Waals surface area (Å²) in [6.45, 7) is 9.11. The second-order valence-corrected chi connectivity index (χ2v) is 9.70. The van der Waals surface area contributed by atoms with Crippen LogP contribution in [0.2, 0.25) is 0 Å². The summed E-state index contributed by atoms with van der Waals surface area (Å²) < 4.78 is 37.9. The molecule has 9 heteroatoms. The van der Waals surface area contributed by atoms with Crippen LogP contribution in [0.3, 0.4) is 0 Å². The molecule has 0 aliphatic heterocycles. The van der Waals surface area contributed by atoms with Crippen molar-refractivity contribution in [2.24, 2.45) is 11.0 Å². The SMILES string of the molecule is CCN(CC)S(=O)(=O)c1cccc(C(=O)N/N=C/c2ccc(OCCC(C)C)c(OC)c2)c1. The van der Waals surface area contributed by atoms with Crippen LogP contribution < -0.4 is 14.9 Å². The number of benzene rings is 2. The molecule has 33 heavy (non-hydrogen) atoms. The first-order valence-electron chi connectivity index (χ1n) is 11.0. The molecule has 8 nitrogen and oxygen atoms in total. The Morgan fingerprint density at radius 3 is 2.48 bits per heavy atom. The minimum Gasteiger partial charge on any atom is -0.493 e. The number of carbonyl (C=O) groups is 1. The van der Waals surface area contributed by atoms with Crippen molar-refractivity contribution >= 4 is 22.1 Å². The summed E-state index contributed by atoms with van der Waals surface area (Å²) in [6.07, 6.45) is 2.42. The van der Waals surface area contributed by atoms with E-state index in [1.807, 2.05) is 0 Å². The number of hydrazone groups is 1. The largest absolute Gasteiger partial charge is 0.493 e. The summed E-state index contributed by atoms with van der Waals surface area (Å²) in [7, 11) is -2.09. The summed E-state index contributed by atoms with van der Waals surface area (Å²) in [5.74, 6) is 1.25. The zero-order valence-electron chi connectivity index (χ0n) is 19.9. The number of ether oxygens (including phenoxy) is 2. The molecule has 0 heterocycles. The standard InChI is InChI=1S/C24H33N3O5S/c1-6-27(7-2)33(29,30)21-10-8-9-20(16-21)24(28)26-25-17-19-11-12-22(23(15-19)31-5)32-14-13-18(3)4/h8-12,15-18H,6-7,13-14H2,1-5H3,(H,26,28)/b25-17+. The highest BCUT2D eigenvalue weighted by molar-refractivity contribution is 7.89. The molecule has 1 N–H and O–H groups in total. The summed E-state index contributed by atoms with van der Waals surface area (Å²) in [6, 6.07) is 11.3. The van der Waals surface area contributed by atoms with Gasteiger partial charge >= 0.3 is 0 Å². The quantitative estimate of drug-likeness (QED) is 0.371. The Labute approximate surface area is 196 Å². The lowest BCUT2D eigenvalue weighted by Crippen LogP contribution is -2.30. The average molecular weight is 476 g/mol. The van der Waals surface area contributed by atoms with Gasteiger partial charge in [0.1, 0.15) is 0 Å². The van der Waals surface area contributed by atoms with Crippen LogP contribution in [0.5, 0.6) is 11.5 Å². The highest BCUT2D eigenvalue weighted by Gasteiger charge is 2.22. The Kier molecular flexibility index (Phi) is 9.87. The van der Waals surface area contributed by atoms with Crippen molar-refractivity contribution in [3.05, 3.63) is 53.6 Å². The van der Waals surface area contributed by atoms with E-state index < -0.39 is 15.9 Å². The minimum absolute atomic E-state index is 0.0700. The number of sulfonamides is 1. The fourth-order valence-electron chi connectivity index (χ4n) is 3.03. The topological polar surface area (TPSA) is 97.3 Å². The molecule has 0 saturated carbocycles. The number of rotatable bonds is 12. The van der Waals surface area contributed by atoms with E-state index in [9.17, 15) is 13.2 Å². The molecule has 0 unspecified atom stereocenters. The van der Waals surface area contributed by atoms with Crippen LogP contribution >= 0.6 is 0 Å². The van der Waals surface area contributed by atoms with E-state index in [4.69, 9.17) is 9.47 Å². The third kappa shape index (κ3) is 7.30. The molecular formula is C24H33N3O5S. The van der Waals surface area contributed by atoms with Gasteiger partial charge in [-0.3, -0.25) is 4.79 Å². The number of amides is 1. The molecule has 2 aromatic rings. The molecule has 0 aliphatic carbocycles. The molecule has 0 bridgehead atoms. The maximum atomic E-state index is 12.7. The molecular weight excluding hydrogens is 442 g/mol. The first-order chi connectivity index (χ1) is 15.7. The van der Waals surface area contributed by atoms with Gasteiger partial charge in [0, 0.05) is 18.7 Å². The number of carbonyl (C=O) groups excluding carboxylic acids is 1. The molecule has 0 fully saturated rings. The highest BCUT2D eigenvalue weighted by Crippen LogP contribution is 2.28. The normalized spacial score (nSPS) is 11.8. The van der Waals surface area contributed by atoms with Crippen LogP contribution in [0.1, 0.15) is 50.0 Å². The lowest BCUT2D eigenvalue weighted by atomic mass is 10.1. The van der Waals surface area contributed by atoms with E-state index in [1.165, 1.54) is 28.7 Å². The zero-order chi connectivity index (χ0) is 24.4. The van der Waals surface area contributed by atoms with Crippen LogP contribution in [0.4, 0.5) is 0 Å². The predicted octanol–water partition coefficient (Wildman–Crippen LogP) is 3.91. The number of hydrogen-bond donors (Lipinski definition) is 1. The Balaban J connectivity index is 2.08. The Hall–Kier alpha value is -2.91. The molecule has 0 aromatic heterocycles. The third-order valence-electron chi connectivity index (χ3n) is 4.96. The summed E-state index contributed by atoms with van der Waals surface area (Å²) in [5, 5.41) is 3.99. The monoisotopic (exact) mass is 475 g/mol. The van der Waals surface area contributed by atoms with Gasteiger partial charge in [0.25, 0.3) is 5.91 Å². The average Bonchev–Trinajstić information content (AvgIpc) is 2.80. The van der Waals surface area contributed by atoms with E-state index in [-0.39, 0.29) is 10.5 Å². The number of nitrogens with zero attached hydrogens (tertiary/aromatic N) is 2. The van der Waals surface area contributed by atoms with Crippen molar-refractivity contribution in [2.45, 2.75) is 39.0 Å². The molecule has 2 rings (SSSR count). The molecule has 180 valence electrons. The van der Waals surface area contributed by atoms with Gasteiger partial charge in [-0.25, -0.2) is 13.8 Å².